The Morgan fingerprint density at radius 3 is 2.17 bits per heavy atom. The molecule has 0 amide bonds. The maximum Gasteiger partial charge on any atom is 0.128 e. The fourth-order valence-electron chi connectivity index (χ4n) is 2.19. The fraction of sp³-hybridized carbons (Fsp3) is 0.375. The lowest BCUT2D eigenvalue weighted by molar-refractivity contribution is 0.360. The van der Waals surface area contributed by atoms with Gasteiger partial charge in [0.2, 0.25) is 0 Å². The van der Waals surface area contributed by atoms with E-state index in [4.69, 9.17) is 0 Å². The van der Waals surface area contributed by atoms with E-state index in [2.05, 4.69) is 100 Å². The number of aromatic nitrogens is 2. The number of nitrogens with zero attached hydrogens (tertiary/aromatic N) is 4. The van der Waals surface area contributed by atoms with E-state index in [1.165, 1.54) is 16.5 Å². The minimum absolute atomic E-state index is 0.887. The van der Waals surface area contributed by atoms with Crippen molar-refractivity contribution in [2.45, 2.75) is 6.42 Å². The van der Waals surface area contributed by atoms with Crippen LogP contribution in [-0.4, -0.2) is 48.1 Å². The molecule has 1 fully saturated rings. The van der Waals surface area contributed by atoms with Crippen molar-refractivity contribution in [3.8, 4) is 0 Å². The highest BCUT2D eigenvalue weighted by Crippen LogP contribution is 2.14. The molecule has 3 heterocycles. The fourth-order valence-corrected chi connectivity index (χ4v) is 3.06. The average molecular weight is 601 g/mol. The second-order valence-corrected chi connectivity index (χ2v) is 8.58. The number of likely N-dealkylation sites (N-methyl/N-ethyl adjacent to an activating group) is 1. The Kier molecular flexibility index (Phi) is 8.48. The molecule has 0 radical (unpaired) electrons. The van der Waals surface area contributed by atoms with Gasteiger partial charge in [-0.25, -0.2) is 9.97 Å². The highest BCUT2D eigenvalue weighted by atomic mass is 127. The molecule has 0 bridgehead atoms. The summed E-state index contributed by atoms with van der Waals surface area (Å²) in [6, 6.07) is 8.16. The molecule has 1 saturated heterocycles. The molecule has 1 aliphatic heterocycles. The third-order valence-corrected chi connectivity index (χ3v) is 5.19. The second-order valence-electron chi connectivity index (χ2n) is 5.28. The highest BCUT2D eigenvalue weighted by Gasteiger charge is 2.12. The van der Waals surface area contributed by atoms with Crippen molar-refractivity contribution in [1.82, 2.24) is 14.9 Å². The average Bonchev–Trinajstić information content (AvgIpc) is 2.76. The van der Waals surface area contributed by atoms with Gasteiger partial charge >= 0.3 is 0 Å². The van der Waals surface area contributed by atoms with Crippen LogP contribution in [0.25, 0.3) is 0 Å². The van der Waals surface area contributed by atoms with Crippen molar-refractivity contribution >= 4 is 66.9 Å². The summed E-state index contributed by atoms with van der Waals surface area (Å²) in [5.41, 5.74) is 0. The van der Waals surface area contributed by atoms with Crippen molar-refractivity contribution < 1.29 is 0 Å². The van der Waals surface area contributed by atoms with E-state index in [1.807, 2.05) is 24.5 Å². The molecule has 0 spiro atoms. The van der Waals surface area contributed by atoms with Crippen molar-refractivity contribution in [3.63, 3.8) is 0 Å². The van der Waals surface area contributed by atoms with E-state index in [0.717, 1.165) is 33.6 Å². The molecule has 7 heteroatoms. The smallest absolute Gasteiger partial charge is 0.128 e. The van der Waals surface area contributed by atoms with Gasteiger partial charge in [0, 0.05) is 39.2 Å². The topological polar surface area (TPSA) is 32.3 Å². The largest absolute Gasteiger partial charge is 0.355 e. The zero-order valence-corrected chi connectivity index (χ0v) is 18.8. The van der Waals surface area contributed by atoms with Crippen LogP contribution in [0.3, 0.4) is 0 Å². The van der Waals surface area contributed by atoms with Crippen molar-refractivity contribution in [3.05, 3.63) is 48.4 Å². The summed E-state index contributed by atoms with van der Waals surface area (Å²) in [5, 5.41) is 0. The van der Waals surface area contributed by atoms with Gasteiger partial charge in [0.05, 0.1) is 0 Å². The van der Waals surface area contributed by atoms with Gasteiger partial charge in [-0.2, -0.15) is 0 Å². The second kappa shape index (κ2) is 10.1. The maximum absolute atomic E-state index is 4.47. The van der Waals surface area contributed by atoms with Gasteiger partial charge in [0.15, 0.2) is 0 Å². The van der Waals surface area contributed by atoms with E-state index >= 15 is 0 Å². The summed E-state index contributed by atoms with van der Waals surface area (Å²) < 4.78 is 3.24. The number of rotatable bonds is 1. The van der Waals surface area contributed by atoms with Crippen LogP contribution in [0.2, 0.25) is 0 Å². The molecular weight excluding hydrogens is 582 g/mol. The van der Waals surface area contributed by atoms with E-state index in [9.17, 15) is 0 Å². The molecular formula is C16H19BrI2N4. The molecule has 0 unspecified atom stereocenters. The Morgan fingerprint density at radius 2 is 1.61 bits per heavy atom. The van der Waals surface area contributed by atoms with Gasteiger partial charge in [-0.3, -0.25) is 0 Å². The number of hydrogen-bond donors (Lipinski definition) is 0. The standard InChI is InChI=1S/C11H16IN3.C5H3BrIN/c1-14-5-2-6-15(8-7-14)11-4-3-10(12)9-13-11;6-5-2-1-4(7)3-8-5/h3-4,9H,2,5-8H2,1H3;1-3H. The summed E-state index contributed by atoms with van der Waals surface area (Å²) in [7, 11) is 2.19. The lowest BCUT2D eigenvalue weighted by Gasteiger charge is -2.21. The molecule has 0 aliphatic carbocycles. The Hall–Kier alpha value is -0.000000000000000111. The molecule has 23 heavy (non-hydrogen) atoms. The number of anilines is 1. The van der Waals surface area contributed by atoms with Gasteiger partial charge in [0.25, 0.3) is 0 Å². The third kappa shape index (κ3) is 7.18. The van der Waals surface area contributed by atoms with Crippen molar-refractivity contribution in [2.24, 2.45) is 0 Å². The van der Waals surface area contributed by atoms with Crippen LogP contribution >= 0.6 is 61.1 Å². The molecule has 0 N–H and O–H groups in total. The van der Waals surface area contributed by atoms with E-state index in [1.54, 1.807) is 0 Å². The molecule has 0 saturated carbocycles. The SMILES string of the molecule is Brc1ccc(I)cn1.CN1CCCN(c2ccc(I)cn2)CC1. The first-order valence-corrected chi connectivity index (χ1v) is 10.3. The van der Waals surface area contributed by atoms with Crippen LogP contribution < -0.4 is 4.90 Å². The summed E-state index contributed by atoms with van der Waals surface area (Å²) in [6.45, 7) is 4.54. The molecule has 1 aliphatic rings. The predicted octanol–water partition coefficient (Wildman–Crippen LogP) is 4.28. The first kappa shape index (κ1) is 19.3. The Labute approximate surface area is 173 Å². The minimum atomic E-state index is 0.887. The maximum atomic E-state index is 4.47. The summed E-state index contributed by atoms with van der Waals surface area (Å²) >= 11 is 7.73. The monoisotopic (exact) mass is 600 g/mol. The molecule has 0 atom stereocenters. The third-order valence-electron chi connectivity index (χ3n) is 3.45. The molecule has 2 aromatic heterocycles. The minimum Gasteiger partial charge on any atom is -0.355 e. The van der Waals surface area contributed by atoms with E-state index in [0.29, 0.717) is 0 Å². The summed E-state index contributed by atoms with van der Waals surface area (Å²) in [6.07, 6.45) is 4.97. The van der Waals surface area contributed by atoms with Crippen LogP contribution in [0.5, 0.6) is 0 Å². The molecule has 4 nitrogen and oxygen atoms in total. The quantitative estimate of drug-likeness (QED) is 0.362. The van der Waals surface area contributed by atoms with Gasteiger partial charge in [-0.15, -0.1) is 0 Å². The Morgan fingerprint density at radius 1 is 0.913 bits per heavy atom. The van der Waals surface area contributed by atoms with Crippen LogP contribution in [0, 0.1) is 7.14 Å². The zero-order valence-electron chi connectivity index (χ0n) is 12.9. The van der Waals surface area contributed by atoms with Gasteiger partial charge in [0.1, 0.15) is 10.4 Å². The van der Waals surface area contributed by atoms with Gasteiger partial charge < -0.3 is 9.80 Å². The molecule has 0 aromatic carbocycles. The lowest BCUT2D eigenvalue weighted by Crippen LogP contribution is -2.29. The summed E-state index contributed by atoms with van der Waals surface area (Å²) in [4.78, 5) is 13.2. The lowest BCUT2D eigenvalue weighted by atomic mass is 10.3. The van der Waals surface area contributed by atoms with Gasteiger partial charge in [-0.05, 0) is 105 Å². The Balaban J connectivity index is 0.000000203. The van der Waals surface area contributed by atoms with Crippen molar-refractivity contribution in [2.75, 3.05) is 38.1 Å². The van der Waals surface area contributed by atoms with Crippen molar-refractivity contribution in [1.29, 1.82) is 0 Å². The molecule has 2 aromatic rings. The summed E-state index contributed by atoms with van der Waals surface area (Å²) in [5.74, 6) is 1.12. The first-order chi connectivity index (χ1) is 11.0. The first-order valence-electron chi connectivity index (χ1n) is 7.37. The van der Waals surface area contributed by atoms with Crippen LogP contribution in [0.4, 0.5) is 5.82 Å². The van der Waals surface area contributed by atoms with Gasteiger partial charge in [-0.1, -0.05) is 0 Å². The molecule has 3 rings (SSSR count). The number of halogens is 3. The van der Waals surface area contributed by atoms with E-state index < -0.39 is 0 Å². The highest BCUT2D eigenvalue weighted by molar-refractivity contribution is 14.1. The zero-order chi connectivity index (χ0) is 16.7. The van der Waals surface area contributed by atoms with E-state index in [-0.39, 0.29) is 0 Å². The predicted molar refractivity (Wildman–Crippen MR) is 116 cm³/mol. The number of pyridine rings is 2. The molecule has 124 valence electrons. The van der Waals surface area contributed by atoms with Crippen LogP contribution in [0.1, 0.15) is 6.42 Å². The Bertz CT molecular complexity index is 571. The van der Waals surface area contributed by atoms with Crippen LogP contribution in [0.15, 0.2) is 41.3 Å². The van der Waals surface area contributed by atoms with Crippen LogP contribution in [-0.2, 0) is 0 Å². The normalized spacial score (nSPS) is 15.6. The number of hydrogen-bond acceptors (Lipinski definition) is 4.